The van der Waals surface area contributed by atoms with E-state index in [0.717, 1.165) is 0 Å². The predicted octanol–water partition coefficient (Wildman–Crippen LogP) is -0.952. The number of amides is 3. The number of hydrogen-bond donors (Lipinski definition) is 10. The normalized spacial score (nSPS) is 14.9. The second kappa shape index (κ2) is 23.7. The first-order valence-corrected chi connectivity index (χ1v) is 20.3. The molecule has 4 aromatic rings. The average molecular weight is 916 g/mol. The van der Waals surface area contributed by atoms with Gasteiger partial charge in [0.2, 0.25) is 17.8 Å². The zero-order chi connectivity index (χ0) is 47.8. The summed E-state index contributed by atoms with van der Waals surface area (Å²) in [5, 5.41) is 48.7. The van der Waals surface area contributed by atoms with Crippen molar-refractivity contribution >= 4 is 75.8 Å². The number of aliphatic carboxylic acids is 4. The van der Waals surface area contributed by atoms with E-state index in [9.17, 15) is 58.8 Å². The zero-order valence-corrected chi connectivity index (χ0v) is 35.4. The lowest BCUT2D eigenvalue weighted by atomic mass is 10.1. The Bertz CT molecular complexity index is 2470. The van der Waals surface area contributed by atoms with Crippen molar-refractivity contribution in [2.75, 3.05) is 100 Å². The van der Waals surface area contributed by atoms with E-state index in [1.165, 1.54) is 42.6 Å². The number of carbonyl (C=O) groups excluding carboxylic acids is 3. The monoisotopic (exact) mass is 915 g/mol. The molecule has 0 saturated carbocycles. The zero-order valence-electron chi connectivity index (χ0n) is 35.4. The minimum atomic E-state index is -1.40. The molecule has 0 radical (unpaired) electrons. The Morgan fingerprint density at radius 3 is 1.61 bits per heavy atom. The quantitative estimate of drug-likeness (QED) is 0.0538. The maximum absolute atomic E-state index is 13.2. The minimum Gasteiger partial charge on any atom is -0.480 e. The van der Waals surface area contributed by atoms with Gasteiger partial charge in [0.05, 0.1) is 51.0 Å². The first-order chi connectivity index (χ1) is 31.5. The Morgan fingerprint density at radius 1 is 0.652 bits per heavy atom. The van der Waals surface area contributed by atoms with Crippen molar-refractivity contribution in [3.63, 3.8) is 0 Å². The fraction of sp³-hybridized carbons (Fsp3) is 0.341. The van der Waals surface area contributed by atoms with Crippen LogP contribution < -0.4 is 32.6 Å². The molecule has 25 nitrogen and oxygen atoms in total. The summed E-state index contributed by atoms with van der Waals surface area (Å²) in [6.07, 6.45) is 1.62. The lowest BCUT2D eigenvalue weighted by molar-refractivity contribution is -0.140. The number of rotatable bonds is 18. The third-order valence-corrected chi connectivity index (χ3v) is 9.86. The number of carboxylic acids is 4. The molecule has 11 N–H and O–H groups in total. The summed E-state index contributed by atoms with van der Waals surface area (Å²) in [6.45, 7) is 1.05. The highest BCUT2D eigenvalue weighted by Crippen LogP contribution is 2.16. The molecule has 1 fully saturated rings. The van der Waals surface area contributed by atoms with Gasteiger partial charge in [0, 0.05) is 86.8 Å². The Balaban J connectivity index is 1.13. The first kappa shape index (κ1) is 49.2. The van der Waals surface area contributed by atoms with Crippen molar-refractivity contribution in [2.45, 2.75) is 13.0 Å². The van der Waals surface area contributed by atoms with Gasteiger partial charge in [0.1, 0.15) is 0 Å². The molecular formula is C41H49N13O12. The Morgan fingerprint density at radius 2 is 1.12 bits per heavy atom. The predicted molar refractivity (Wildman–Crippen MR) is 236 cm³/mol. The first-order valence-electron chi connectivity index (χ1n) is 20.3. The molecular weight excluding hydrogens is 867 g/mol. The molecule has 3 amide bonds. The third-order valence-electron chi connectivity index (χ3n) is 9.86. The van der Waals surface area contributed by atoms with Gasteiger partial charge in [-0.25, -0.2) is 14.8 Å². The smallest absolute Gasteiger partial charge is 0.330 e. The van der Waals surface area contributed by atoms with E-state index in [0.29, 0.717) is 28.8 Å². The molecule has 0 atom stereocenters. The number of anilines is 4. The maximum atomic E-state index is 13.2. The van der Waals surface area contributed by atoms with E-state index in [4.69, 9.17) is 5.73 Å². The second-order valence-electron chi connectivity index (χ2n) is 15.0. The fourth-order valence-electron chi connectivity index (χ4n) is 6.69. The summed E-state index contributed by atoms with van der Waals surface area (Å²) in [6, 6.07) is 12.2. The molecule has 66 heavy (non-hydrogen) atoms. The molecule has 5 rings (SSSR count). The SMILES string of the molecule is Nc1nc2ncc(CNc3ccc(C(=O)N/C(=C/C(=O)O)CC(=O)Nc4ccc(NC(=O)CN5CCN(CC(=O)O)CCN(CC(=O)O)CCN(CC(=O)O)CC5)cc4)cc3)nc2c(=O)[nH]1. The summed E-state index contributed by atoms with van der Waals surface area (Å²) >= 11 is 0. The van der Waals surface area contributed by atoms with Crippen LogP contribution in [-0.4, -0.2) is 180 Å². The van der Waals surface area contributed by atoms with Gasteiger partial charge in [-0.15, -0.1) is 0 Å². The van der Waals surface area contributed by atoms with Gasteiger partial charge in [-0.05, 0) is 48.5 Å². The van der Waals surface area contributed by atoms with Crippen LogP contribution in [0.2, 0.25) is 0 Å². The fourth-order valence-corrected chi connectivity index (χ4v) is 6.69. The topological polar surface area (TPSA) is 359 Å². The minimum absolute atomic E-state index is 0.0195. The summed E-state index contributed by atoms with van der Waals surface area (Å²) in [7, 11) is 0. The number of aromatic nitrogens is 4. The van der Waals surface area contributed by atoms with Crippen molar-refractivity contribution in [2.24, 2.45) is 0 Å². The van der Waals surface area contributed by atoms with Crippen LogP contribution in [0.4, 0.5) is 23.0 Å². The Labute approximate surface area is 375 Å². The van der Waals surface area contributed by atoms with E-state index < -0.39 is 53.6 Å². The molecule has 1 saturated heterocycles. The number of benzene rings is 2. The number of H-pyrrole nitrogens is 1. The van der Waals surface area contributed by atoms with Gasteiger partial charge >= 0.3 is 23.9 Å². The number of nitrogens with two attached hydrogens (primary N) is 1. The molecule has 0 bridgehead atoms. The Kier molecular flexibility index (Phi) is 17.7. The highest BCUT2D eigenvalue weighted by molar-refractivity contribution is 5.99. The van der Waals surface area contributed by atoms with Crippen LogP contribution in [0.5, 0.6) is 0 Å². The lowest BCUT2D eigenvalue weighted by Crippen LogP contribution is -2.49. The number of aromatic amines is 1. The van der Waals surface area contributed by atoms with E-state index in [1.54, 1.807) is 31.7 Å². The van der Waals surface area contributed by atoms with Crippen LogP contribution in [0.25, 0.3) is 11.2 Å². The molecule has 350 valence electrons. The molecule has 0 spiro atoms. The molecule has 2 aromatic heterocycles. The lowest BCUT2D eigenvalue weighted by Gasteiger charge is -2.32. The van der Waals surface area contributed by atoms with Gasteiger partial charge in [-0.1, -0.05) is 0 Å². The van der Waals surface area contributed by atoms with Gasteiger partial charge in [0.15, 0.2) is 11.2 Å². The van der Waals surface area contributed by atoms with Gasteiger partial charge in [-0.3, -0.25) is 58.1 Å². The maximum Gasteiger partial charge on any atom is 0.330 e. The Hall–Kier alpha value is -7.87. The summed E-state index contributed by atoms with van der Waals surface area (Å²) in [5.41, 5.74) is 6.77. The van der Waals surface area contributed by atoms with Crippen LogP contribution in [0.1, 0.15) is 22.5 Å². The van der Waals surface area contributed by atoms with Crippen molar-refractivity contribution in [3.8, 4) is 0 Å². The number of hydrogen-bond acceptors (Lipinski definition) is 17. The van der Waals surface area contributed by atoms with Crippen LogP contribution in [-0.2, 0) is 35.3 Å². The molecule has 1 aliphatic heterocycles. The third kappa shape index (κ3) is 16.4. The number of nitrogen functional groups attached to an aromatic ring is 1. The number of nitrogens with one attached hydrogen (secondary N) is 5. The van der Waals surface area contributed by atoms with Gasteiger partial charge < -0.3 is 47.4 Å². The largest absolute Gasteiger partial charge is 0.480 e. The number of nitrogens with zero attached hydrogens (tertiary/aromatic N) is 7. The van der Waals surface area contributed by atoms with E-state index in [1.807, 2.05) is 0 Å². The number of fused-ring (bicyclic) bond motifs is 1. The van der Waals surface area contributed by atoms with Crippen LogP contribution >= 0.6 is 0 Å². The van der Waals surface area contributed by atoms with Crippen molar-refractivity contribution in [1.82, 2.24) is 44.9 Å². The molecule has 0 aliphatic carbocycles. The molecule has 1 aliphatic rings. The van der Waals surface area contributed by atoms with E-state index in [2.05, 4.69) is 41.2 Å². The number of carbonyl (C=O) groups is 7. The highest BCUT2D eigenvalue weighted by atomic mass is 16.4. The van der Waals surface area contributed by atoms with Crippen LogP contribution in [0.3, 0.4) is 0 Å². The number of carboxylic acid groups (broad SMARTS) is 4. The van der Waals surface area contributed by atoms with Crippen molar-refractivity contribution in [3.05, 3.63) is 88.1 Å². The molecule has 2 aromatic carbocycles. The van der Waals surface area contributed by atoms with E-state index >= 15 is 0 Å². The van der Waals surface area contributed by atoms with Crippen molar-refractivity contribution in [1.29, 1.82) is 0 Å². The van der Waals surface area contributed by atoms with Gasteiger partial charge in [-0.2, -0.15) is 4.98 Å². The standard InChI is InChI=1S/C41H49N13O12/c42-41-49-38-37(40(66)50-41)47-30(20-44-38)19-43-26-3-1-25(2-4-26)39(65)48-29(18-33(57)58)17-31(55)45-27-5-7-28(8-6-27)46-32(56)21-51-9-11-52(22-34(59)60)13-15-54(24-36(63)64)16-14-53(12-10-51)23-35(61)62/h1-8,18,20,43H,9-17,19,21-24H2,(H,45,55)(H,46,56)(H,48,65)(H,57,58)(H,59,60)(H,61,62)(H,63,64)(H3,42,44,49,50,66)/b29-18+. The molecule has 25 heteroatoms. The van der Waals surface area contributed by atoms with E-state index in [-0.39, 0.29) is 113 Å². The second-order valence-corrected chi connectivity index (χ2v) is 15.0. The summed E-state index contributed by atoms with van der Waals surface area (Å²) < 4.78 is 0. The van der Waals surface area contributed by atoms with Crippen molar-refractivity contribution < 1.29 is 54.0 Å². The molecule has 3 heterocycles. The highest BCUT2D eigenvalue weighted by Gasteiger charge is 2.22. The average Bonchev–Trinajstić information content (AvgIpc) is 3.24. The molecule has 0 unspecified atom stereocenters. The van der Waals surface area contributed by atoms with Crippen LogP contribution in [0.15, 0.2) is 71.3 Å². The summed E-state index contributed by atoms with van der Waals surface area (Å²) in [5.74, 6) is -6.45. The van der Waals surface area contributed by atoms with Gasteiger partial charge in [0.25, 0.3) is 11.5 Å². The van der Waals surface area contributed by atoms with Crippen LogP contribution in [0, 0.1) is 0 Å². The summed E-state index contributed by atoms with van der Waals surface area (Å²) in [4.78, 5) is 119.